The van der Waals surface area contributed by atoms with Crippen LogP contribution in [-0.2, 0) is 0 Å². The fourth-order valence-electron chi connectivity index (χ4n) is 2.07. The van der Waals surface area contributed by atoms with Crippen LogP contribution in [0.3, 0.4) is 0 Å². The van der Waals surface area contributed by atoms with Crippen LogP contribution >= 0.6 is 0 Å². The molecule has 1 aliphatic rings. The maximum absolute atomic E-state index is 12.3. The second-order valence-electron chi connectivity index (χ2n) is 3.99. The SMILES string of the molecule is C=[N+]([O-])c1cccc2c1N([O-])c1ccccc1N2. The van der Waals surface area contributed by atoms with E-state index in [-0.39, 0.29) is 5.69 Å². The number of para-hydroxylation sites is 3. The Kier molecular flexibility index (Phi) is 2.21. The van der Waals surface area contributed by atoms with Crippen molar-refractivity contribution < 1.29 is 4.74 Å². The molecule has 0 saturated carbocycles. The Morgan fingerprint density at radius 2 is 1.78 bits per heavy atom. The second kappa shape index (κ2) is 3.75. The molecule has 0 aromatic heterocycles. The second-order valence-corrected chi connectivity index (χ2v) is 3.99. The third-order valence-corrected chi connectivity index (χ3v) is 2.88. The topological polar surface area (TPSA) is 64.4 Å². The molecule has 0 atom stereocenters. The molecule has 0 spiro atoms. The summed E-state index contributed by atoms with van der Waals surface area (Å²) in [5.41, 5.74) is 2.34. The Morgan fingerprint density at radius 3 is 2.56 bits per heavy atom. The third-order valence-electron chi connectivity index (χ3n) is 2.88. The number of fused-ring (bicyclic) bond motifs is 2. The fourth-order valence-corrected chi connectivity index (χ4v) is 2.07. The Morgan fingerprint density at radius 1 is 1.06 bits per heavy atom. The van der Waals surface area contributed by atoms with Crippen molar-refractivity contribution in [1.82, 2.24) is 0 Å². The lowest BCUT2D eigenvalue weighted by Gasteiger charge is -2.38. The van der Waals surface area contributed by atoms with Crippen LogP contribution in [0.25, 0.3) is 0 Å². The van der Waals surface area contributed by atoms with Crippen LogP contribution in [0.5, 0.6) is 0 Å². The summed E-state index contributed by atoms with van der Waals surface area (Å²) in [7, 11) is 0. The number of nitrogens with zero attached hydrogens (tertiary/aromatic N) is 2. The first kappa shape index (κ1) is 10.6. The minimum atomic E-state index is 0.240. The molecular formula is C13H10N3O2-. The average Bonchev–Trinajstić information content (AvgIpc) is 2.38. The van der Waals surface area contributed by atoms with E-state index in [2.05, 4.69) is 12.0 Å². The van der Waals surface area contributed by atoms with E-state index >= 15 is 0 Å². The summed E-state index contributed by atoms with van der Waals surface area (Å²) in [4.78, 5) is 0. The van der Waals surface area contributed by atoms with Gasteiger partial charge in [-0.1, -0.05) is 18.2 Å². The molecule has 90 valence electrons. The molecule has 0 saturated heterocycles. The van der Waals surface area contributed by atoms with Crippen molar-refractivity contribution >= 4 is 35.2 Å². The molecule has 0 unspecified atom stereocenters. The van der Waals surface area contributed by atoms with Crippen molar-refractivity contribution in [3.05, 3.63) is 52.9 Å². The van der Waals surface area contributed by atoms with Crippen molar-refractivity contribution in [2.45, 2.75) is 0 Å². The van der Waals surface area contributed by atoms with Gasteiger partial charge < -0.3 is 20.8 Å². The lowest BCUT2D eigenvalue weighted by Crippen LogP contribution is -2.17. The summed E-state index contributed by atoms with van der Waals surface area (Å²) >= 11 is 0. The van der Waals surface area contributed by atoms with Gasteiger partial charge in [0.2, 0.25) is 5.69 Å². The zero-order valence-electron chi connectivity index (χ0n) is 9.46. The zero-order chi connectivity index (χ0) is 12.7. The van der Waals surface area contributed by atoms with E-state index in [0.717, 1.165) is 10.8 Å². The molecule has 5 heteroatoms. The van der Waals surface area contributed by atoms with E-state index in [0.29, 0.717) is 21.8 Å². The van der Waals surface area contributed by atoms with Crippen molar-refractivity contribution in [2.24, 2.45) is 0 Å². The minimum Gasteiger partial charge on any atom is -0.754 e. The lowest BCUT2D eigenvalue weighted by atomic mass is 10.1. The summed E-state index contributed by atoms with van der Waals surface area (Å²) in [6, 6.07) is 12.2. The predicted molar refractivity (Wildman–Crippen MR) is 72.1 cm³/mol. The van der Waals surface area contributed by atoms with E-state index in [9.17, 15) is 10.4 Å². The molecule has 0 radical (unpaired) electrons. The maximum atomic E-state index is 12.3. The van der Waals surface area contributed by atoms with Gasteiger partial charge in [-0.05, 0) is 18.2 Å². The van der Waals surface area contributed by atoms with E-state index in [1.165, 1.54) is 0 Å². The summed E-state index contributed by atoms with van der Waals surface area (Å²) in [6.07, 6.45) is 0. The van der Waals surface area contributed by atoms with Gasteiger partial charge in [0, 0.05) is 6.07 Å². The molecule has 1 N–H and O–H groups in total. The summed E-state index contributed by atoms with van der Waals surface area (Å²) in [5.74, 6) is 0. The van der Waals surface area contributed by atoms with E-state index in [1.54, 1.807) is 30.3 Å². The van der Waals surface area contributed by atoms with Crippen LogP contribution in [0.2, 0.25) is 0 Å². The van der Waals surface area contributed by atoms with E-state index in [1.807, 2.05) is 12.1 Å². The number of hydrogen-bond acceptors (Lipinski definition) is 4. The molecule has 1 heterocycles. The number of anilines is 4. The molecule has 0 fully saturated rings. The fraction of sp³-hybridized carbons (Fsp3) is 0. The third kappa shape index (κ3) is 1.42. The first-order valence-corrected chi connectivity index (χ1v) is 5.42. The Bertz CT molecular complexity index is 640. The van der Waals surface area contributed by atoms with Gasteiger partial charge >= 0.3 is 0 Å². The molecule has 18 heavy (non-hydrogen) atoms. The highest BCUT2D eigenvalue weighted by atomic mass is 16.5. The van der Waals surface area contributed by atoms with Crippen LogP contribution in [0.15, 0.2) is 42.5 Å². The number of benzene rings is 2. The van der Waals surface area contributed by atoms with Crippen molar-refractivity contribution in [2.75, 3.05) is 10.4 Å². The summed E-state index contributed by atoms with van der Waals surface area (Å²) in [6.45, 7) is 3.29. The van der Waals surface area contributed by atoms with Crippen LogP contribution < -0.4 is 10.4 Å². The van der Waals surface area contributed by atoms with Gasteiger partial charge in [-0.3, -0.25) is 0 Å². The average molecular weight is 240 g/mol. The normalized spacial score (nSPS) is 12.4. The monoisotopic (exact) mass is 240 g/mol. The van der Waals surface area contributed by atoms with Gasteiger partial charge in [0.25, 0.3) is 0 Å². The number of hydrogen-bond donors (Lipinski definition) is 1. The van der Waals surface area contributed by atoms with Crippen LogP contribution in [0.4, 0.5) is 28.4 Å². The first-order chi connectivity index (χ1) is 8.68. The van der Waals surface area contributed by atoms with Crippen molar-refractivity contribution in [3.63, 3.8) is 0 Å². The molecule has 5 nitrogen and oxygen atoms in total. The number of nitrogens with one attached hydrogen (secondary N) is 1. The maximum Gasteiger partial charge on any atom is 0.241 e. The van der Waals surface area contributed by atoms with Gasteiger partial charge in [0.15, 0.2) is 0 Å². The molecule has 2 aromatic carbocycles. The molecule has 0 amide bonds. The van der Waals surface area contributed by atoms with Crippen LogP contribution in [0, 0.1) is 10.4 Å². The lowest BCUT2D eigenvalue weighted by molar-refractivity contribution is -0.349. The quantitative estimate of drug-likeness (QED) is 0.360. The largest absolute Gasteiger partial charge is 0.754 e. The highest BCUT2D eigenvalue weighted by molar-refractivity contribution is 5.96. The summed E-state index contributed by atoms with van der Waals surface area (Å²) < 4.78 is 0.444. The van der Waals surface area contributed by atoms with Gasteiger partial charge in [-0.25, -0.2) is 0 Å². The molecular weight excluding hydrogens is 230 g/mol. The molecule has 0 bridgehead atoms. The standard InChI is InChI=1S/C13H10N3O2/c1-15(17)12-8-4-6-10-13(12)16(18)11-7-3-2-5-9(11)14-10/h2-8,14H,1H2/q-1. The Balaban J connectivity index is 2.23. The van der Waals surface area contributed by atoms with E-state index in [4.69, 9.17) is 0 Å². The van der Waals surface area contributed by atoms with Crippen LogP contribution in [0.1, 0.15) is 0 Å². The zero-order valence-corrected chi connectivity index (χ0v) is 9.46. The van der Waals surface area contributed by atoms with Gasteiger partial charge in [0.05, 0.1) is 17.1 Å². The molecule has 0 aliphatic carbocycles. The minimum absolute atomic E-state index is 0.240. The van der Waals surface area contributed by atoms with Gasteiger partial charge in [-0.2, -0.15) is 4.74 Å². The Hall–Kier alpha value is -2.53. The molecule has 1 aliphatic heterocycles. The van der Waals surface area contributed by atoms with Gasteiger partial charge in [-0.15, -0.1) is 0 Å². The van der Waals surface area contributed by atoms with Crippen molar-refractivity contribution in [3.8, 4) is 0 Å². The Labute approximate surface area is 104 Å². The highest BCUT2D eigenvalue weighted by Gasteiger charge is 2.22. The molecule has 2 aromatic rings. The number of rotatable bonds is 1. The first-order valence-electron chi connectivity index (χ1n) is 5.42. The predicted octanol–water partition coefficient (Wildman–Crippen LogP) is 3.22. The smallest absolute Gasteiger partial charge is 0.241 e. The van der Waals surface area contributed by atoms with Crippen molar-refractivity contribution in [1.29, 1.82) is 0 Å². The van der Waals surface area contributed by atoms with Crippen LogP contribution in [-0.4, -0.2) is 11.5 Å². The summed E-state index contributed by atoms with van der Waals surface area (Å²) in [5, 5.41) is 27.6. The van der Waals surface area contributed by atoms with E-state index < -0.39 is 0 Å². The highest BCUT2D eigenvalue weighted by Crippen LogP contribution is 2.46. The van der Waals surface area contributed by atoms with Gasteiger partial charge in [0.1, 0.15) is 12.4 Å². The molecule has 3 rings (SSSR count).